The summed E-state index contributed by atoms with van der Waals surface area (Å²) in [5, 5.41) is 11.7. The number of carboxylic acid groups (broad SMARTS) is 1. The van der Waals surface area contributed by atoms with Gasteiger partial charge in [0.05, 0.1) is 24.4 Å². The number of unbranched alkanes of at least 4 members (excludes halogenated alkanes) is 1. The number of nitrogens with zero attached hydrogens (tertiary/aromatic N) is 1. The van der Waals surface area contributed by atoms with E-state index in [4.69, 9.17) is 14.2 Å². The number of urea groups is 1. The van der Waals surface area contributed by atoms with Gasteiger partial charge in [0, 0.05) is 26.2 Å². The van der Waals surface area contributed by atoms with E-state index in [1.165, 1.54) is 35.2 Å². The Morgan fingerprint density at radius 1 is 0.909 bits per heavy atom. The Morgan fingerprint density at radius 3 is 2.25 bits per heavy atom. The molecule has 2 amide bonds. The van der Waals surface area contributed by atoms with Crippen LogP contribution in [-0.4, -0.2) is 61.0 Å². The molecule has 3 aromatic rings. The molecule has 0 aromatic heterocycles. The van der Waals surface area contributed by atoms with Gasteiger partial charge in [-0.3, -0.25) is 0 Å². The molecule has 0 aliphatic carbocycles. The summed E-state index contributed by atoms with van der Waals surface area (Å²) in [5.41, 5.74) is 0.259. The van der Waals surface area contributed by atoms with E-state index in [0.717, 1.165) is 17.2 Å². The molecule has 0 bridgehead atoms. The summed E-state index contributed by atoms with van der Waals surface area (Å²) >= 11 is 0. The summed E-state index contributed by atoms with van der Waals surface area (Å²) in [6.45, 7) is 3.04. The van der Waals surface area contributed by atoms with Crippen LogP contribution in [0.4, 0.5) is 28.0 Å². The minimum absolute atomic E-state index is 0.0610. The number of hydrogen-bond acceptors (Lipinski definition) is 5. The number of para-hydroxylation sites is 1. The highest BCUT2D eigenvalue weighted by Crippen LogP contribution is 2.34. The van der Waals surface area contributed by atoms with Gasteiger partial charge in [-0.2, -0.15) is 13.2 Å². The topological polar surface area (TPSA) is 97.3 Å². The Balaban J connectivity index is 1.56. The maximum Gasteiger partial charge on any atom is 0.418 e. The zero-order valence-corrected chi connectivity index (χ0v) is 24.3. The first-order valence-corrected chi connectivity index (χ1v) is 14.2. The lowest BCUT2D eigenvalue weighted by molar-refractivity contribution is -0.150. The van der Waals surface area contributed by atoms with Gasteiger partial charge in [-0.1, -0.05) is 36.4 Å². The Kier molecular flexibility index (Phi) is 13.4. The van der Waals surface area contributed by atoms with Gasteiger partial charge in [0.25, 0.3) is 0 Å². The summed E-state index contributed by atoms with van der Waals surface area (Å²) in [4.78, 5) is 25.8. The number of rotatable bonds is 17. The second-order valence-electron chi connectivity index (χ2n) is 9.83. The number of ether oxygens (including phenoxy) is 3. The lowest BCUT2D eigenvalue weighted by atomic mass is 10.1. The first kappa shape index (κ1) is 34.3. The minimum atomic E-state index is -4.64. The first-order chi connectivity index (χ1) is 21.1. The van der Waals surface area contributed by atoms with Gasteiger partial charge >= 0.3 is 18.2 Å². The largest absolute Gasteiger partial charge is 0.492 e. The molecule has 0 aliphatic heterocycles. The molecule has 0 saturated heterocycles. The van der Waals surface area contributed by atoms with Gasteiger partial charge in [0.2, 0.25) is 0 Å². The van der Waals surface area contributed by atoms with Crippen molar-refractivity contribution < 1.29 is 46.5 Å². The molecule has 0 saturated carbocycles. The summed E-state index contributed by atoms with van der Waals surface area (Å²) in [6, 6.07) is 16.8. The van der Waals surface area contributed by atoms with E-state index in [1.807, 2.05) is 0 Å². The summed E-state index contributed by atoms with van der Waals surface area (Å²) < 4.78 is 70.1. The highest BCUT2D eigenvalue weighted by molar-refractivity contribution is 5.90. The number of carbonyl (C=O) groups is 2. The standard InChI is InChI=1S/C32H36F4N2O6/c1-2-43-29(30(39)40)21-23-11-15-26(16-12-23)44-20-18-38(17-5-6-19-42-22-24-9-13-25(33)14-10-24)31(41)37-28-8-4-3-7-27(28)32(34,35)36/h3-4,7-16,29H,2,5-6,17-22H2,1H3,(H,37,41)(H,39,40). The predicted molar refractivity (Wildman–Crippen MR) is 156 cm³/mol. The number of aliphatic carboxylic acids is 1. The Bertz CT molecular complexity index is 1320. The second-order valence-corrected chi connectivity index (χ2v) is 9.83. The maximum absolute atomic E-state index is 13.5. The first-order valence-electron chi connectivity index (χ1n) is 14.2. The highest BCUT2D eigenvalue weighted by Gasteiger charge is 2.34. The van der Waals surface area contributed by atoms with E-state index >= 15 is 0 Å². The lowest BCUT2D eigenvalue weighted by Crippen LogP contribution is -2.39. The van der Waals surface area contributed by atoms with Crippen LogP contribution in [0.25, 0.3) is 0 Å². The molecule has 3 rings (SSSR count). The fourth-order valence-electron chi connectivity index (χ4n) is 4.25. The van der Waals surface area contributed by atoms with Crippen LogP contribution in [0.5, 0.6) is 5.75 Å². The molecule has 44 heavy (non-hydrogen) atoms. The summed E-state index contributed by atoms with van der Waals surface area (Å²) in [6.07, 6.45) is -4.33. The van der Waals surface area contributed by atoms with Crippen molar-refractivity contribution in [3.63, 3.8) is 0 Å². The number of halogens is 4. The number of nitrogens with one attached hydrogen (secondary N) is 1. The van der Waals surface area contributed by atoms with Crippen molar-refractivity contribution in [1.82, 2.24) is 4.90 Å². The summed E-state index contributed by atoms with van der Waals surface area (Å²) in [7, 11) is 0. The van der Waals surface area contributed by atoms with E-state index in [2.05, 4.69) is 5.32 Å². The van der Waals surface area contributed by atoms with E-state index in [0.29, 0.717) is 31.8 Å². The third-order valence-corrected chi connectivity index (χ3v) is 6.53. The summed E-state index contributed by atoms with van der Waals surface area (Å²) in [5.74, 6) is -0.908. The molecule has 12 heteroatoms. The fraction of sp³-hybridized carbons (Fsp3) is 0.375. The molecule has 2 N–H and O–H groups in total. The molecule has 0 spiro atoms. The fourth-order valence-corrected chi connectivity index (χ4v) is 4.25. The van der Waals surface area contributed by atoms with E-state index in [9.17, 15) is 32.3 Å². The molecule has 3 aromatic carbocycles. The smallest absolute Gasteiger partial charge is 0.418 e. The lowest BCUT2D eigenvalue weighted by Gasteiger charge is -2.24. The molecule has 8 nitrogen and oxygen atoms in total. The van der Waals surface area contributed by atoms with Gasteiger partial charge in [-0.25, -0.2) is 14.0 Å². The predicted octanol–water partition coefficient (Wildman–Crippen LogP) is 6.79. The van der Waals surface area contributed by atoms with Crippen molar-refractivity contribution in [3.05, 3.63) is 95.3 Å². The maximum atomic E-state index is 13.5. The molecule has 0 heterocycles. The van der Waals surface area contributed by atoms with Gasteiger partial charge in [0.15, 0.2) is 6.10 Å². The average molecular weight is 621 g/mol. The van der Waals surface area contributed by atoms with Gasteiger partial charge in [-0.05, 0) is 67.3 Å². The number of carboxylic acids is 1. The number of anilines is 1. The highest BCUT2D eigenvalue weighted by atomic mass is 19.4. The Hall–Kier alpha value is -4.16. The van der Waals surface area contributed by atoms with Crippen LogP contribution < -0.4 is 10.1 Å². The molecular formula is C32H36F4N2O6. The van der Waals surface area contributed by atoms with Crippen molar-refractivity contribution in [3.8, 4) is 5.75 Å². The number of alkyl halides is 3. The molecular weight excluding hydrogens is 584 g/mol. The van der Waals surface area contributed by atoms with Gasteiger partial charge in [0.1, 0.15) is 18.2 Å². The van der Waals surface area contributed by atoms with Crippen molar-refractivity contribution in [2.45, 2.75) is 45.1 Å². The number of amides is 2. The third kappa shape index (κ3) is 11.5. The van der Waals surface area contributed by atoms with Crippen molar-refractivity contribution in [1.29, 1.82) is 0 Å². The van der Waals surface area contributed by atoms with Gasteiger partial charge < -0.3 is 29.5 Å². The number of benzene rings is 3. The van der Waals surface area contributed by atoms with Crippen LogP contribution in [0.2, 0.25) is 0 Å². The zero-order chi connectivity index (χ0) is 32.0. The normalized spacial score (nSPS) is 12.0. The minimum Gasteiger partial charge on any atom is -0.492 e. The van der Waals surface area contributed by atoms with Crippen LogP contribution in [0.15, 0.2) is 72.8 Å². The van der Waals surface area contributed by atoms with Crippen LogP contribution in [-0.2, 0) is 33.5 Å². The quantitative estimate of drug-likeness (QED) is 0.128. The third-order valence-electron chi connectivity index (χ3n) is 6.53. The van der Waals surface area contributed by atoms with Crippen LogP contribution in [0.1, 0.15) is 36.5 Å². The second kappa shape index (κ2) is 17.2. The molecule has 0 fully saturated rings. The molecule has 0 aliphatic rings. The zero-order valence-electron chi connectivity index (χ0n) is 24.3. The SMILES string of the molecule is CCOC(Cc1ccc(OCCN(CCCCOCc2ccc(F)cc2)C(=O)Nc2ccccc2C(F)(F)F)cc1)C(=O)O. The molecule has 238 valence electrons. The molecule has 0 radical (unpaired) electrons. The van der Waals surface area contributed by atoms with Crippen molar-refractivity contribution >= 4 is 17.7 Å². The Morgan fingerprint density at radius 2 is 1.59 bits per heavy atom. The van der Waals surface area contributed by atoms with E-state index in [1.54, 1.807) is 43.3 Å². The number of hydrogen-bond donors (Lipinski definition) is 2. The Labute approximate surface area is 253 Å². The van der Waals surface area contributed by atoms with E-state index < -0.39 is 29.8 Å². The molecule has 1 atom stereocenters. The van der Waals surface area contributed by atoms with Crippen LogP contribution >= 0.6 is 0 Å². The monoisotopic (exact) mass is 620 g/mol. The van der Waals surface area contributed by atoms with Crippen molar-refractivity contribution in [2.24, 2.45) is 0 Å². The van der Waals surface area contributed by atoms with Gasteiger partial charge in [-0.15, -0.1) is 0 Å². The van der Waals surface area contributed by atoms with Crippen LogP contribution in [0.3, 0.4) is 0 Å². The molecule has 1 unspecified atom stereocenters. The van der Waals surface area contributed by atoms with Crippen molar-refractivity contribution in [2.75, 3.05) is 38.2 Å². The van der Waals surface area contributed by atoms with Crippen LogP contribution in [0, 0.1) is 5.82 Å². The number of carbonyl (C=O) groups excluding carboxylic acids is 1. The average Bonchev–Trinajstić information content (AvgIpc) is 2.99. The van der Waals surface area contributed by atoms with E-state index in [-0.39, 0.29) is 44.2 Å².